The molecule has 1 N–H and O–H groups in total. The van der Waals surface area contributed by atoms with Gasteiger partial charge < -0.3 is 9.30 Å². The minimum absolute atomic E-state index is 0.0560. The van der Waals surface area contributed by atoms with Gasteiger partial charge in [-0.25, -0.2) is 0 Å². The molecule has 2 aromatic rings. The standard InChI is InChI=1S/C22H23N5O2S/c1-5-19-25-27-20(23)16(21(28)24-22(27)30-19)12-15-11-13(3)26(14(15)4)17-9-7-8-10-18(17)29-6-2/h7-12,23H,5-6H2,1-4H3. The largest absolute Gasteiger partial charge is 0.492 e. The van der Waals surface area contributed by atoms with Crippen molar-refractivity contribution in [1.29, 1.82) is 5.41 Å². The van der Waals surface area contributed by atoms with E-state index in [2.05, 4.69) is 14.7 Å². The number of hydrogen-bond acceptors (Lipinski definition) is 5. The molecule has 0 radical (unpaired) electrons. The molecule has 0 saturated carbocycles. The number of thioether (sulfide) groups is 1. The van der Waals surface area contributed by atoms with Gasteiger partial charge in [0.25, 0.3) is 5.91 Å². The summed E-state index contributed by atoms with van der Waals surface area (Å²) in [6.07, 6.45) is 2.47. The predicted octanol–water partition coefficient (Wildman–Crippen LogP) is 4.52. The highest BCUT2D eigenvalue weighted by Gasteiger charge is 2.35. The average molecular weight is 422 g/mol. The van der Waals surface area contributed by atoms with Crippen LogP contribution in [0.1, 0.15) is 37.2 Å². The Kier molecular flexibility index (Phi) is 5.34. The van der Waals surface area contributed by atoms with Gasteiger partial charge in [-0.15, -0.1) is 0 Å². The number of carbonyl (C=O) groups excluding carboxylic acids is 1. The number of rotatable bonds is 5. The summed E-state index contributed by atoms with van der Waals surface area (Å²) < 4.78 is 7.90. The van der Waals surface area contributed by atoms with Crippen molar-refractivity contribution in [2.75, 3.05) is 6.61 Å². The molecule has 0 fully saturated rings. The molecule has 2 aliphatic rings. The van der Waals surface area contributed by atoms with Gasteiger partial charge in [-0.05, 0) is 68.8 Å². The van der Waals surface area contributed by atoms with Crippen molar-refractivity contribution in [3.8, 4) is 11.4 Å². The van der Waals surface area contributed by atoms with Crippen molar-refractivity contribution < 1.29 is 9.53 Å². The molecule has 1 aromatic heterocycles. The molecule has 0 spiro atoms. The monoisotopic (exact) mass is 421 g/mol. The maximum absolute atomic E-state index is 12.6. The summed E-state index contributed by atoms with van der Waals surface area (Å²) in [5.41, 5.74) is 4.00. The van der Waals surface area contributed by atoms with Gasteiger partial charge in [0, 0.05) is 11.4 Å². The Bertz CT molecular complexity index is 1140. The lowest BCUT2D eigenvalue weighted by Gasteiger charge is -2.20. The number of ether oxygens (including phenoxy) is 1. The van der Waals surface area contributed by atoms with Crippen molar-refractivity contribution in [2.24, 2.45) is 10.1 Å². The predicted molar refractivity (Wildman–Crippen MR) is 122 cm³/mol. The zero-order chi connectivity index (χ0) is 21.4. The van der Waals surface area contributed by atoms with Crippen LogP contribution >= 0.6 is 11.8 Å². The molecule has 0 aliphatic carbocycles. The number of aliphatic imine (C=N–C) groups is 1. The summed E-state index contributed by atoms with van der Waals surface area (Å²) in [7, 11) is 0. The van der Waals surface area contributed by atoms with Gasteiger partial charge in [0.05, 0.1) is 17.9 Å². The van der Waals surface area contributed by atoms with Gasteiger partial charge in [0.1, 0.15) is 10.8 Å². The van der Waals surface area contributed by atoms with E-state index in [1.807, 2.05) is 58.0 Å². The third-order valence-electron chi connectivity index (χ3n) is 4.97. The van der Waals surface area contributed by atoms with Crippen LogP contribution in [0.5, 0.6) is 5.75 Å². The molecule has 0 saturated heterocycles. The summed E-state index contributed by atoms with van der Waals surface area (Å²) in [6.45, 7) is 8.53. The molecule has 0 unspecified atom stereocenters. The molecular formula is C22H23N5O2S. The fourth-order valence-electron chi connectivity index (χ4n) is 3.55. The Labute approximate surface area is 179 Å². The van der Waals surface area contributed by atoms with Crippen LogP contribution in [-0.4, -0.2) is 38.1 Å². The molecule has 30 heavy (non-hydrogen) atoms. The molecule has 7 nitrogen and oxygen atoms in total. The molecule has 1 amide bonds. The number of hydrogen-bond donors (Lipinski definition) is 1. The Morgan fingerprint density at radius 2 is 2.00 bits per heavy atom. The van der Waals surface area contributed by atoms with E-state index in [-0.39, 0.29) is 11.4 Å². The van der Waals surface area contributed by atoms with Gasteiger partial charge in [0.2, 0.25) is 5.17 Å². The minimum Gasteiger partial charge on any atom is -0.492 e. The summed E-state index contributed by atoms with van der Waals surface area (Å²) >= 11 is 1.34. The van der Waals surface area contributed by atoms with Gasteiger partial charge in [-0.2, -0.15) is 15.1 Å². The van der Waals surface area contributed by atoms with Crippen molar-refractivity contribution >= 4 is 39.8 Å². The summed E-state index contributed by atoms with van der Waals surface area (Å²) in [6, 6.07) is 9.88. The maximum Gasteiger partial charge on any atom is 0.283 e. The number of carbonyl (C=O) groups is 1. The Morgan fingerprint density at radius 1 is 1.23 bits per heavy atom. The van der Waals surface area contributed by atoms with Crippen molar-refractivity contribution in [1.82, 2.24) is 9.58 Å². The number of nitrogens with zero attached hydrogens (tertiary/aromatic N) is 4. The van der Waals surface area contributed by atoms with Crippen LogP contribution < -0.4 is 4.74 Å². The molecule has 3 heterocycles. The fourth-order valence-corrected chi connectivity index (χ4v) is 4.38. The number of benzene rings is 1. The lowest BCUT2D eigenvalue weighted by molar-refractivity contribution is -0.114. The van der Waals surface area contributed by atoms with E-state index >= 15 is 0 Å². The number of hydrazone groups is 1. The second-order valence-electron chi connectivity index (χ2n) is 6.93. The lowest BCUT2D eigenvalue weighted by Crippen LogP contribution is -2.35. The third kappa shape index (κ3) is 3.37. The summed E-state index contributed by atoms with van der Waals surface area (Å²) in [4.78, 5) is 16.8. The van der Waals surface area contributed by atoms with E-state index in [0.717, 1.165) is 39.9 Å². The molecule has 4 rings (SSSR count). The number of amidine groups is 2. The zero-order valence-corrected chi connectivity index (χ0v) is 18.2. The van der Waals surface area contributed by atoms with Gasteiger partial charge >= 0.3 is 0 Å². The molecule has 0 atom stereocenters. The molecule has 154 valence electrons. The van der Waals surface area contributed by atoms with E-state index in [4.69, 9.17) is 10.1 Å². The van der Waals surface area contributed by atoms with Crippen LogP contribution in [0.15, 0.2) is 46.0 Å². The van der Waals surface area contributed by atoms with Crippen LogP contribution in [0, 0.1) is 19.3 Å². The van der Waals surface area contributed by atoms with Gasteiger partial charge in [-0.3, -0.25) is 10.2 Å². The van der Waals surface area contributed by atoms with Crippen molar-refractivity contribution in [3.63, 3.8) is 0 Å². The van der Waals surface area contributed by atoms with Crippen LogP contribution in [0.4, 0.5) is 0 Å². The highest BCUT2D eigenvalue weighted by Crippen LogP contribution is 2.32. The van der Waals surface area contributed by atoms with E-state index < -0.39 is 5.91 Å². The maximum atomic E-state index is 12.6. The van der Waals surface area contributed by atoms with Crippen molar-refractivity contribution in [3.05, 3.63) is 52.9 Å². The number of amides is 1. The van der Waals surface area contributed by atoms with Crippen LogP contribution in [0.3, 0.4) is 0 Å². The Balaban J connectivity index is 1.76. The number of aryl methyl sites for hydroxylation is 1. The second-order valence-corrected chi connectivity index (χ2v) is 7.97. The number of para-hydroxylation sites is 2. The third-order valence-corrected chi connectivity index (χ3v) is 6.03. The highest BCUT2D eigenvalue weighted by atomic mass is 32.2. The number of nitrogens with one attached hydrogen (secondary N) is 1. The highest BCUT2D eigenvalue weighted by molar-refractivity contribution is 8.26. The SMILES string of the molecule is CCOc1ccccc1-n1c(C)cc(C=C2C(=N)N3N=C(CC)SC3=NC2=O)c1C. The van der Waals surface area contributed by atoms with E-state index in [9.17, 15) is 4.79 Å². The first-order valence-electron chi connectivity index (χ1n) is 9.84. The minimum atomic E-state index is -0.411. The van der Waals surface area contributed by atoms with Crippen molar-refractivity contribution in [2.45, 2.75) is 34.1 Å². The van der Waals surface area contributed by atoms with E-state index in [0.29, 0.717) is 11.8 Å². The molecular weight excluding hydrogens is 398 g/mol. The zero-order valence-electron chi connectivity index (χ0n) is 17.4. The first-order chi connectivity index (χ1) is 14.4. The summed E-state index contributed by atoms with van der Waals surface area (Å²) in [5, 5.41) is 15.7. The topological polar surface area (TPSA) is 83.0 Å². The normalized spacial score (nSPS) is 17.3. The fraction of sp³-hybridized carbons (Fsp3) is 0.273. The Hall–Kier alpha value is -3.13. The average Bonchev–Trinajstić information content (AvgIpc) is 3.26. The summed E-state index contributed by atoms with van der Waals surface area (Å²) in [5.74, 6) is 0.443. The smallest absolute Gasteiger partial charge is 0.283 e. The Morgan fingerprint density at radius 3 is 2.73 bits per heavy atom. The van der Waals surface area contributed by atoms with Crippen LogP contribution in [0.25, 0.3) is 11.8 Å². The quantitative estimate of drug-likeness (QED) is 0.720. The van der Waals surface area contributed by atoms with Crippen LogP contribution in [-0.2, 0) is 4.79 Å². The van der Waals surface area contributed by atoms with Gasteiger partial charge in [0.15, 0.2) is 5.84 Å². The molecule has 1 aromatic carbocycles. The second kappa shape index (κ2) is 7.95. The molecule has 2 aliphatic heterocycles. The lowest BCUT2D eigenvalue weighted by atomic mass is 10.1. The molecule has 0 bridgehead atoms. The number of fused-ring (bicyclic) bond motifs is 1. The molecule has 8 heteroatoms. The first kappa shape index (κ1) is 20.2. The van der Waals surface area contributed by atoms with Crippen LogP contribution in [0.2, 0.25) is 0 Å². The van der Waals surface area contributed by atoms with E-state index in [1.54, 1.807) is 6.08 Å². The van der Waals surface area contributed by atoms with Gasteiger partial charge in [-0.1, -0.05) is 19.1 Å². The number of aromatic nitrogens is 1. The van der Waals surface area contributed by atoms with E-state index in [1.165, 1.54) is 16.8 Å². The first-order valence-corrected chi connectivity index (χ1v) is 10.7.